The minimum atomic E-state index is -0.837. The monoisotopic (exact) mass is 720 g/mol. The van der Waals surface area contributed by atoms with Gasteiger partial charge in [0.1, 0.15) is 36.2 Å². The van der Waals surface area contributed by atoms with Crippen LogP contribution in [0.25, 0.3) is 11.6 Å². The van der Waals surface area contributed by atoms with Crippen molar-refractivity contribution in [3.05, 3.63) is 132 Å². The van der Waals surface area contributed by atoms with Crippen molar-refractivity contribution in [2.75, 3.05) is 14.2 Å². The molecule has 0 spiro atoms. The van der Waals surface area contributed by atoms with Crippen LogP contribution in [0.5, 0.6) is 23.0 Å². The topological polar surface area (TPSA) is 173 Å². The van der Waals surface area contributed by atoms with Gasteiger partial charge in [0.15, 0.2) is 11.6 Å². The molecule has 0 bridgehead atoms. The average Bonchev–Trinajstić information content (AvgIpc) is 3.87. The predicted molar refractivity (Wildman–Crippen MR) is 194 cm³/mol. The molecular weight excluding hydrogens is 680 g/mol. The summed E-state index contributed by atoms with van der Waals surface area (Å²) in [5.74, 6) is 2.06. The van der Waals surface area contributed by atoms with Gasteiger partial charge in [0.25, 0.3) is 0 Å². The molecule has 14 heteroatoms. The van der Waals surface area contributed by atoms with E-state index >= 15 is 0 Å². The molecular formula is C39H40N6O8. The fourth-order valence-electron chi connectivity index (χ4n) is 4.82. The van der Waals surface area contributed by atoms with Gasteiger partial charge < -0.3 is 29.2 Å². The van der Waals surface area contributed by atoms with E-state index in [0.717, 1.165) is 22.6 Å². The number of carbonyl (C=O) groups is 2. The molecule has 1 atom stereocenters. The van der Waals surface area contributed by atoms with E-state index in [4.69, 9.17) is 29.2 Å². The molecule has 0 saturated carbocycles. The van der Waals surface area contributed by atoms with Crippen molar-refractivity contribution in [2.24, 2.45) is 5.92 Å². The minimum Gasteiger partial charge on any atom is -0.497 e. The van der Waals surface area contributed by atoms with Crippen LogP contribution in [-0.2, 0) is 35.6 Å². The van der Waals surface area contributed by atoms with E-state index < -0.39 is 17.9 Å². The summed E-state index contributed by atoms with van der Waals surface area (Å²) in [6, 6.07) is 26.2. The second-order valence-corrected chi connectivity index (χ2v) is 11.8. The number of aromatic nitrogens is 6. The Morgan fingerprint density at radius 2 is 1.09 bits per heavy atom. The first-order valence-electron chi connectivity index (χ1n) is 16.7. The van der Waals surface area contributed by atoms with Crippen molar-refractivity contribution >= 4 is 11.9 Å². The second kappa shape index (κ2) is 18.5. The molecule has 0 saturated heterocycles. The van der Waals surface area contributed by atoms with Gasteiger partial charge >= 0.3 is 11.9 Å². The van der Waals surface area contributed by atoms with Crippen LogP contribution in [-0.4, -0.2) is 65.9 Å². The van der Waals surface area contributed by atoms with Crippen molar-refractivity contribution < 1.29 is 38.7 Å². The second-order valence-electron chi connectivity index (χ2n) is 11.8. The third-order valence-corrected chi connectivity index (χ3v) is 7.86. The Hall–Kier alpha value is -6.70. The quantitative estimate of drug-likeness (QED) is 0.120. The average molecular weight is 721 g/mol. The lowest BCUT2D eigenvalue weighted by atomic mass is 10.1. The first kappa shape index (κ1) is 37.6. The van der Waals surface area contributed by atoms with Crippen LogP contribution in [0, 0.1) is 5.92 Å². The zero-order valence-corrected chi connectivity index (χ0v) is 29.5. The van der Waals surface area contributed by atoms with Crippen molar-refractivity contribution in [3.8, 4) is 34.6 Å². The number of carboxylic acids is 2. The SMILES string of the molecule is COc1ccc(COc2ccc(-n3ccc(CC(C)C(=O)O)n3)nc2)cc1.COc1ccc(COc2ccc(-n3ccc(CCC(=O)O)n3)nc2)cc1. The lowest BCUT2D eigenvalue weighted by molar-refractivity contribution is -0.141. The highest BCUT2D eigenvalue weighted by Crippen LogP contribution is 2.18. The number of pyridine rings is 2. The Morgan fingerprint density at radius 1 is 0.642 bits per heavy atom. The van der Waals surface area contributed by atoms with Gasteiger partial charge in [-0.15, -0.1) is 0 Å². The summed E-state index contributed by atoms with van der Waals surface area (Å²) in [5, 5.41) is 26.4. The lowest BCUT2D eigenvalue weighted by Crippen LogP contribution is -2.12. The van der Waals surface area contributed by atoms with E-state index in [1.54, 1.807) is 79.6 Å². The van der Waals surface area contributed by atoms with E-state index in [-0.39, 0.29) is 6.42 Å². The van der Waals surface area contributed by atoms with E-state index in [1.165, 1.54) is 0 Å². The van der Waals surface area contributed by atoms with E-state index in [2.05, 4.69) is 20.2 Å². The van der Waals surface area contributed by atoms with Gasteiger partial charge in [0, 0.05) is 25.2 Å². The molecule has 0 fully saturated rings. The Morgan fingerprint density at radius 3 is 1.51 bits per heavy atom. The van der Waals surface area contributed by atoms with Crippen molar-refractivity contribution in [3.63, 3.8) is 0 Å². The van der Waals surface area contributed by atoms with Crippen molar-refractivity contribution in [1.82, 2.24) is 29.5 Å². The molecule has 1 unspecified atom stereocenters. The maximum Gasteiger partial charge on any atom is 0.306 e. The third kappa shape index (κ3) is 11.4. The number of aryl methyl sites for hydroxylation is 1. The molecule has 14 nitrogen and oxygen atoms in total. The number of rotatable bonds is 16. The van der Waals surface area contributed by atoms with Crippen molar-refractivity contribution in [1.29, 1.82) is 0 Å². The Kier molecular flexibility index (Phi) is 13.1. The highest BCUT2D eigenvalue weighted by atomic mass is 16.5. The standard InChI is InChI=1S/C20H21N3O4.C19H19N3O4/c1-14(20(24)25)11-16-9-10-23(22-16)19-8-7-18(12-21-19)27-13-15-3-5-17(26-2)6-4-15;1-25-16-5-2-14(3-6-16)13-26-17-7-8-18(20-12-17)22-11-10-15(21-22)4-9-19(23)24/h3-10,12,14H,11,13H2,1-2H3,(H,24,25);2-3,5-8,10-12H,4,9,13H2,1H3,(H,23,24). The molecule has 0 aliphatic rings. The Labute approximate surface area is 306 Å². The minimum absolute atomic E-state index is 0.0581. The van der Waals surface area contributed by atoms with Gasteiger partial charge in [0.05, 0.1) is 50.3 Å². The summed E-state index contributed by atoms with van der Waals surface area (Å²) in [6.07, 6.45) is 7.64. The zero-order valence-electron chi connectivity index (χ0n) is 29.5. The molecule has 6 rings (SSSR count). The number of benzene rings is 2. The molecule has 0 aliphatic heterocycles. The first-order chi connectivity index (χ1) is 25.7. The number of aliphatic carboxylic acids is 2. The van der Waals surface area contributed by atoms with Gasteiger partial charge in [-0.25, -0.2) is 19.3 Å². The summed E-state index contributed by atoms with van der Waals surface area (Å²) in [4.78, 5) is 30.3. The zero-order chi connectivity index (χ0) is 37.6. The number of carboxylic acid groups (broad SMARTS) is 2. The maximum atomic E-state index is 10.9. The van der Waals surface area contributed by atoms with Gasteiger partial charge in [0.2, 0.25) is 0 Å². The molecule has 2 N–H and O–H groups in total. The molecule has 4 heterocycles. The van der Waals surface area contributed by atoms with Gasteiger partial charge in [-0.05, 0) is 71.8 Å². The van der Waals surface area contributed by atoms with Crippen LogP contribution in [0.3, 0.4) is 0 Å². The molecule has 53 heavy (non-hydrogen) atoms. The molecule has 0 amide bonds. The number of ether oxygens (including phenoxy) is 4. The number of nitrogens with zero attached hydrogens (tertiary/aromatic N) is 6. The van der Waals surface area contributed by atoms with Crippen LogP contribution >= 0.6 is 0 Å². The highest BCUT2D eigenvalue weighted by Gasteiger charge is 2.14. The number of methoxy groups -OCH3 is 2. The highest BCUT2D eigenvalue weighted by molar-refractivity contribution is 5.69. The third-order valence-electron chi connectivity index (χ3n) is 7.86. The van der Waals surface area contributed by atoms with E-state index in [1.807, 2.05) is 60.7 Å². The predicted octanol–water partition coefficient (Wildman–Crippen LogP) is 5.99. The first-order valence-corrected chi connectivity index (χ1v) is 16.7. The van der Waals surface area contributed by atoms with Gasteiger partial charge in [-0.3, -0.25) is 9.59 Å². The molecule has 2 aromatic carbocycles. The van der Waals surface area contributed by atoms with E-state index in [0.29, 0.717) is 60.6 Å². The lowest BCUT2D eigenvalue weighted by Gasteiger charge is -2.08. The summed E-state index contributed by atoms with van der Waals surface area (Å²) in [5.41, 5.74) is 3.50. The molecule has 4 aromatic heterocycles. The Bertz CT molecular complexity index is 2040. The molecule has 274 valence electrons. The fraction of sp³-hybridized carbons (Fsp3) is 0.231. The van der Waals surface area contributed by atoms with Crippen LogP contribution in [0.4, 0.5) is 0 Å². The van der Waals surface area contributed by atoms with Crippen LogP contribution in [0.1, 0.15) is 35.9 Å². The summed E-state index contributed by atoms with van der Waals surface area (Å²) in [6.45, 7) is 2.53. The number of hydrogen-bond donors (Lipinski definition) is 2. The summed E-state index contributed by atoms with van der Waals surface area (Å²) in [7, 11) is 3.27. The fourth-order valence-corrected chi connectivity index (χ4v) is 4.82. The largest absolute Gasteiger partial charge is 0.497 e. The molecule has 6 aromatic rings. The summed E-state index contributed by atoms with van der Waals surface area (Å²) >= 11 is 0. The Balaban J connectivity index is 0.000000204. The molecule has 0 radical (unpaired) electrons. The normalized spacial score (nSPS) is 11.2. The van der Waals surface area contributed by atoms with Gasteiger partial charge in [-0.2, -0.15) is 10.2 Å². The molecule has 0 aliphatic carbocycles. The van der Waals surface area contributed by atoms with Crippen LogP contribution in [0.2, 0.25) is 0 Å². The van der Waals surface area contributed by atoms with E-state index in [9.17, 15) is 9.59 Å². The van der Waals surface area contributed by atoms with Gasteiger partial charge in [-0.1, -0.05) is 31.2 Å². The maximum absolute atomic E-state index is 10.9. The van der Waals surface area contributed by atoms with Crippen LogP contribution < -0.4 is 18.9 Å². The smallest absolute Gasteiger partial charge is 0.306 e. The van der Waals surface area contributed by atoms with Crippen molar-refractivity contribution in [2.45, 2.75) is 39.4 Å². The van der Waals surface area contributed by atoms with Crippen LogP contribution in [0.15, 0.2) is 110 Å². The number of hydrogen-bond acceptors (Lipinski definition) is 10. The summed E-state index contributed by atoms with van der Waals surface area (Å²) < 4.78 is 25.0.